The molecule has 0 atom stereocenters. The highest BCUT2D eigenvalue weighted by atomic mass is 32.1. The molecule has 1 amide bonds. The number of amides is 1. The van der Waals surface area contributed by atoms with E-state index in [-0.39, 0.29) is 10.9 Å². The molecule has 7 heteroatoms. The molecule has 2 aromatic rings. The summed E-state index contributed by atoms with van der Waals surface area (Å²) in [6.07, 6.45) is 3.18. The van der Waals surface area contributed by atoms with Gasteiger partial charge in [-0.25, -0.2) is 0 Å². The van der Waals surface area contributed by atoms with Gasteiger partial charge in [0.15, 0.2) is 0 Å². The maximum Gasteiger partial charge on any atom is 0.244 e. The Labute approximate surface area is 157 Å². The van der Waals surface area contributed by atoms with Crippen molar-refractivity contribution in [1.29, 1.82) is 0 Å². The summed E-state index contributed by atoms with van der Waals surface area (Å²) >= 11 is 4.91. The highest BCUT2D eigenvalue weighted by Gasteiger charge is 2.01. The minimum atomic E-state index is -0.203. The quantitative estimate of drug-likeness (QED) is 0.286. The number of nitrogens with one attached hydrogen (secondary N) is 2. The van der Waals surface area contributed by atoms with Crippen molar-refractivity contribution in [3.8, 4) is 11.5 Å². The molecule has 136 valence electrons. The Morgan fingerprint density at radius 2 is 1.96 bits per heavy atom. The Hall–Kier alpha value is -2.90. The zero-order valence-corrected chi connectivity index (χ0v) is 15.1. The van der Waals surface area contributed by atoms with E-state index in [4.69, 9.17) is 26.9 Å². The molecule has 0 aliphatic rings. The van der Waals surface area contributed by atoms with Gasteiger partial charge in [-0.05, 0) is 48.0 Å². The molecular formula is C19H20N2O4S. The molecule has 0 aliphatic carbocycles. The van der Waals surface area contributed by atoms with E-state index >= 15 is 0 Å². The van der Waals surface area contributed by atoms with Crippen molar-refractivity contribution in [2.75, 3.05) is 20.3 Å². The van der Waals surface area contributed by atoms with Crippen LogP contribution in [0.4, 0.5) is 0 Å². The molecule has 0 radical (unpaired) electrons. The third-order valence-electron chi connectivity index (χ3n) is 3.41. The van der Waals surface area contributed by atoms with Gasteiger partial charge in [0, 0.05) is 11.6 Å². The normalized spacial score (nSPS) is 10.4. The first-order valence-electron chi connectivity index (χ1n) is 7.89. The van der Waals surface area contributed by atoms with E-state index in [1.54, 1.807) is 37.5 Å². The topological polar surface area (TPSA) is 79.8 Å². The molecule has 0 unspecified atom stereocenters. The Morgan fingerprint density at radius 3 is 2.65 bits per heavy atom. The van der Waals surface area contributed by atoms with Crippen LogP contribution >= 0.6 is 12.2 Å². The van der Waals surface area contributed by atoms with Crippen LogP contribution in [0.1, 0.15) is 11.1 Å². The van der Waals surface area contributed by atoms with Gasteiger partial charge in [-0.15, -0.1) is 0 Å². The summed E-state index contributed by atoms with van der Waals surface area (Å²) in [6, 6.07) is 14.4. The molecule has 26 heavy (non-hydrogen) atoms. The van der Waals surface area contributed by atoms with Gasteiger partial charge in [0.05, 0.1) is 13.7 Å². The first-order chi connectivity index (χ1) is 12.6. The van der Waals surface area contributed by atoms with Crippen molar-refractivity contribution in [2.45, 2.75) is 0 Å². The third kappa shape index (κ3) is 6.19. The summed E-state index contributed by atoms with van der Waals surface area (Å²) in [5.41, 5.74) is 3.49. The van der Waals surface area contributed by atoms with Crippen molar-refractivity contribution in [3.05, 3.63) is 65.7 Å². The zero-order chi connectivity index (χ0) is 18.8. The molecule has 2 rings (SSSR count). The van der Waals surface area contributed by atoms with Gasteiger partial charge in [-0.3, -0.25) is 15.5 Å². The van der Waals surface area contributed by atoms with Crippen LogP contribution in [0.5, 0.6) is 11.5 Å². The number of carbonyl (C=O) groups excluding carboxylic acids is 1. The van der Waals surface area contributed by atoms with Crippen LogP contribution in [0.25, 0.3) is 6.08 Å². The molecule has 2 aromatic carbocycles. The summed E-state index contributed by atoms with van der Waals surface area (Å²) in [5, 5.41) is 11.5. The molecule has 6 nitrogen and oxygen atoms in total. The van der Waals surface area contributed by atoms with E-state index < -0.39 is 0 Å². The van der Waals surface area contributed by atoms with Crippen LogP contribution in [0.3, 0.4) is 0 Å². The SMILES string of the molecule is COc1cccc(C=CC(=O)NCCOc2ccc(C(=S)NO)cc2)c1. The molecule has 0 saturated heterocycles. The van der Waals surface area contributed by atoms with E-state index in [1.807, 2.05) is 29.7 Å². The monoisotopic (exact) mass is 372 g/mol. The lowest BCUT2D eigenvalue weighted by Crippen LogP contribution is -2.26. The molecule has 3 N–H and O–H groups in total. The second-order valence-corrected chi connectivity index (χ2v) is 5.62. The van der Waals surface area contributed by atoms with Gasteiger partial charge >= 0.3 is 0 Å². The predicted octanol–water partition coefficient (Wildman–Crippen LogP) is 2.56. The van der Waals surface area contributed by atoms with Gasteiger partial charge in [0.2, 0.25) is 5.91 Å². The van der Waals surface area contributed by atoms with Crippen LogP contribution in [0.15, 0.2) is 54.6 Å². The van der Waals surface area contributed by atoms with Crippen molar-refractivity contribution >= 4 is 29.2 Å². The molecule has 0 spiro atoms. The summed E-state index contributed by atoms with van der Waals surface area (Å²) in [6.45, 7) is 0.709. The molecule has 0 fully saturated rings. The number of thiocarbonyl (C=S) groups is 1. The fourth-order valence-corrected chi connectivity index (χ4v) is 2.22. The van der Waals surface area contributed by atoms with Crippen LogP contribution in [0, 0.1) is 0 Å². The largest absolute Gasteiger partial charge is 0.497 e. The number of ether oxygens (including phenoxy) is 2. The molecule has 0 bridgehead atoms. The Kier molecular flexibility index (Phi) is 7.60. The zero-order valence-electron chi connectivity index (χ0n) is 14.3. The van der Waals surface area contributed by atoms with Crippen LogP contribution in [-0.4, -0.2) is 36.4 Å². The average molecular weight is 372 g/mol. The van der Waals surface area contributed by atoms with Gasteiger partial charge in [-0.1, -0.05) is 24.4 Å². The molecular weight excluding hydrogens is 352 g/mol. The summed E-state index contributed by atoms with van der Waals surface area (Å²) in [7, 11) is 1.60. The number of benzene rings is 2. The van der Waals surface area contributed by atoms with Crippen LogP contribution in [-0.2, 0) is 4.79 Å². The Balaban J connectivity index is 1.72. The lowest BCUT2D eigenvalue weighted by molar-refractivity contribution is -0.116. The lowest BCUT2D eigenvalue weighted by atomic mass is 10.2. The summed E-state index contributed by atoms with van der Waals surface area (Å²) in [5.74, 6) is 1.18. The number of hydroxylamine groups is 1. The van der Waals surface area contributed by atoms with Gasteiger partial charge in [-0.2, -0.15) is 0 Å². The van der Waals surface area contributed by atoms with E-state index in [2.05, 4.69) is 5.32 Å². The number of hydrogen-bond donors (Lipinski definition) is 3. The number of hydrogen-bond acceptors (Lipinski definition) is 5. The van der Waals surface area contributed by atoms with E-state index in [0.29, 0.717) is 24.5 Å². The van der Waals surface area contributed by atoms with Crippen molar-refractivity contribution in [3.63, 3.8) is 0 Å². The lowest BCUT2D eigenvalue weighted by Gasteiger charge is -2.08. The van der Waals surface area contributed by atoms with Crippen LogP contribution in [0.2, 0.25) is 0 Å². The van der Waals surface area contributed by atoms with Crippen molar-refractivity contribution < 1.29 is 19.5 Å². The number of methoxy groups -OCH3 is 1. The van der Waals surface area contributed by atoms with E-state index in [9.17, 15) is 4.79 Å². The van der Waals surface area contributed by atoms with Crippen molar-refractivity contribution in [2.24, 2.45) is 0 Å². The fraction of sp³-hybridized carbons (Fsp3) is 0.158. The second-order valence-electron chi connectivity index (χ2n) is 5.21. The minimum Gasteiger partial charge on any atom is -0.497 e. The smallest absolute Gasteiger partial charge is 0.244 e. The second kappa shape index (κ2) is 10.2. The first kappa shape index (κ1) is 19.4. The van der Waals surface area contributed by atoms with Gasteiger partial charge in [0.25, 0.3) is 0 Å². The van der Waals surface area contributed by atoms with Crippen LogP contribution < -0.4 is 20.3 Å². The highest BCUT2D eigenvalue weighted by molar-refractivity contribution is 7.80. The van der Waals surface area contributed by atoms with E-state index in [0.717, 1.165) is 11.3 Å². The Bertz CT molecular complexity index is 775. The maximum atomic E-state index is 11.8. The molecule has 0 saturated carbocycles. The molecule has 0 aliphatic heterocycles. The first-order valence-corrected chi connectivity index (χ1v) is 8.30. The minimum absolute atomic E-state index is 0.203. The third-order valence-corrected chi connectivity index (χ3v) is 3.74. The van der Waals surface area contributed by atoms with Gasteiger partial charge in [0.1, 0.15) is 23.1 Å². The number of carbonyl (C=O) groups is 1. The summed E-state index contributed by atoms with van der Waals surface area (Å²) < 4.78 is 10.7. The molecule has 0 heterocycles. The molecule has 0 aromatic heterocycles. The predicted molar refractivity (Wildman–Crippen MR) is 104 cm³/mol. The average Bonchev–Trinajstić information content (AvgIpc) is 2.69. The number of rotatable bonds is 8. The summed E-state index contributed by atoms with van der Waals surface area (Å²) in [4.78, 5) is 12.0. The maximum absolute atomic E-state index is 11.8. The van der Waals surface area contributed by atoms with E-state index in [1.165, 1.54) is 6.08 Å². The van der Waals surface area contributed by atoms with Gasteiger partial charge < -0.3 is 14.8 Å². The highest BCUT2D eigenvalue weighted by Crippen LogP contribution is 2.14. The standard InChI is InChI=1S/C19H20N2O4S/c1-24-17-4-2-3-14(13-17)5-10-18(22)20-11-12-25-16-8-6-15(7-9-16)19(26)21-23/h2-10,13,23H,11-12H2,1H3,(H,20,22)(H,21,26). The Morgan fingerprint density at radius 1 is 1.19 bits per heavy atom. The van der Waals surface area contributed by atoms with Crippen molar-refractivity contribution in [1.82, 2.24) is 10.8 Å². The fourth-order valence-electron chi connectivity index (χ4n) is 2.09.